The SMILES string of the molecule is C=C(Br)COc1ccccc1CN. The van der Waals surface area contributed by atoms with Crippen molar-refractivity contribution < 1.29 is 4.74 Å². The van der Waals surface area contributed by atoms with Gasteiger partial charge in [0.1, 0.15) is 12.4 Å². The van der Waals surface area contributed by atoms with Crippen LogP contribution < -0.4 is 10.5 Å². The van der Waals surface area contributed by atoms with E-state index in [2.05, 4.69) is 22.5 Å². The summed E-state index contributed by atoms with van der Waals surface area (Å²) in [7, 11) is 0. The highest BCUT2D eigenvalue weighted by molar-refractivity contribution is 9.11. The number of ether oxygens (including phenoxy) is 1. The molecule has 0 spiro atoms. The van der Waals surface area contributed by atoms with Gasteiger partial charge in [-0.05, 0) is 6.07 Å². The molecule has 0 aliphatic rings. The van der Waals surface area contributed by atoms with Gasteiger partial charge < -0.3 is 10.5 Å². The van der Waals surface area contributed by atoms with Crippen molar-refractivity contribution in [1.82, 2.24) is 0 Å². The molecule has 2 nitrogen and oxygen atoms in total. The Kier molecular flexibility index (Phi) is 3.99. The fourth-order valence-corrected chi connectivity index (χ4v) is 1.08. The zero-order valence-corrected chi connectivity index (χ0v) is 8.88. The van der Waals surface area contributed by atoms with Gasteiger partial charge in [0.25, 0.3) is 0 Å². The molecule has 0 saturated carbocycles. The van der Waals surface area contributed by atoms with Crippen molar-refractivity contribution in [2.45, 2.75) is 6.54 Å². The summed E-state index contributed by atoms with van der Waals surface area (Å²) in [5, 5.41) is 0. The minimum absolute atomic E-state index is 0.469. The van der Waals surface area contributed by atoms with Crippen LogP contribution in [-0.2, 0) is 6.54 Å². The van der Waals surface area contributed by atoms with Crippen LogP contribution in [0.2, 0.25) is 0 Å². The number of para-hydroxylation sites is 1. The standard InChI is InChI=1S/C10H12BrNO/c1-8(11)7-13-10-5-3-2-4-9(10)6-12/h2-5H,1,6-7,12H2. The van der Waals surface area contributed by atoms with Crippen LogP contribution in [0.1, 0.15) is 5.56 Å². The predicted molar refractivity (Wildman–Crippen MR) is 57.9 cm³/mol. The fourth-order valence-electron chi connectivity index (χ4n) is 0.969. The van der Waals surface area contributed by atoms with Crippen LogP contribution in [0.3, 0.4) is 0 Å². The zero-order chi connectivity index (χ0) is 9.68. The van der Waals surface area contributed by atoms with Crippen molar-refractivity contribution in [3.05, 3.63) is 40.9 Å². The highest BCUT2D eigenvalue weighted by atomic mass is 79.9. The third-order valence-corrected chi connectivity index (χ3v) is 1.81. The molecule has 0 saturated heterocycles. The molecule has 2 N–H and O–H groups in total. The number of nitrogens with two attached hydrogens (primary N) is 1. The van der Waals surface area contributed by atoms with Crippen LogP contribution in [0.25, 0.3) is 0 Å². The highest BCUT2D eigenvalue weighted by Crippen LogP contribution is 2.18. The van der Waals surface area contributed by atoms with E-state index in [1.807, 2.05) is 24.3 Å². The van der Waals surface area contributed by atoms with Gasteiger partial charge in [0.2, 0.25) is 0 Å². The summed E-state index contributed by atoms with van der Waals surface area (Å²) >= 11 is 3.23. The quantitative estimate of drug-likeness (QED) is 0.879. The maximum atomic E-state index is 5.54. The van der Waals surface area contributed by atoms with Crippen LogP contribution in [0.15, 0.2) is 35.3 Å². The molecule has 0 atom stereocenters. The molecule has 1 aromatic carbocycles. The van der Waals surface area contributed by atoms with E-state index in [9.17, 15) is 0 Å². The van der Waals surface area contributed by atoms with E-state index in [4.69, 9.17) is 10.5 Å². The number of hydrogen-bond donors (Lipinski definition) is 1. The van der Waals surface area contributed by atoms with E-state index in [-0.39, 0.29) is 0 Å². The average molecular weight is 242 g/mol. The van der Waals surface area contributed by atoms with Crippen molar-refractivity contribution >= 4 is 15.9 Å². The topological polar surface area (TPSA) is 35.2 Å². The minimum atomic E-state index is 0.469. The third-order valence-electron chi connectivity index (χ3n) is 1.58. The molecule has 0 fully saturated rings. The first-order valence-electron chi connectivity index (χ1n) is 3.98. The first-order chi connectivity index (χ1) is 6.24. The van der Waals surface area contributed by atoms with Gasteiger partial charge in [0, 0.05) is 16.6 Å². The summed E-state index contributed by atoms with van der Waals surface area (Å²) in [6.45, 7) is 4.65. The maximum Gasteiger partial charge on any atom is 0.124 e. The van der Waals surface area contributed by atoms with Gasteiger partial charge in [-0.1, -0.05) is 40.7 Å². The predicted octanol–water partition coefficient (Wildman–Crippen LogP) is 2.43. The molecular weight excluding hydrogens is 230 g/mol. The van der Waals surface area contributed by atoms with Gasteiger partial charge in [0.15, 0.2) is 0 Å². The lowest BCUT2D eigenvalue weighted by Crippen LogP contribution is -2.03. The zero-order valence-electron chi connectivity index (χ0n) is 7.29. The Morgan fingerprint density at radius 1 is 1.46 bits per heavy atom. The summed E-state index contributed by atoms with van der Waals surface area (Å²) in [6.07, 6.45) is 0. The Bertz CT molecular complexity index is 299. The Labute approximate surface area is 86.5 Å². The molecule has 0 heterocycles. The summed E-state index contributed by atoms with van der Waals surface area (Å²) < 4.78 is 6.28. The van der Waals surface area contributed by atoms with Gasteiger partial charge in [-0.25, -0.2) is 0 Å². The normalized spacial score (nSPS) is 9.69. The molecule has 1 rings (SSSR count). The third kappa shape index (κ3) is 3.20. The van der Waals surface area contributed by atoms with Gasteiger partial charge in [-0.15, -0.1) is 0 Å². The summed E-state index contributed by atoms with van der Waals surface area (Å²) in [5.41, 5.74) is 6.55. The smallest absolute Gasteiger partial charge is 0.124 e. The van der Waals surface area contributed by atoms with Crippen LogP contribution in [0.4, 0.5) is 0 Å². The lowest BCUT2D eigenvalue weighted by atomic mass is 10.2. The average Bonchev–Trinajstić information content (AvgIpc) is 2.15. The number of halogens is 1. The minimum Gasteiger partial charge on any atom is -0.488 e. The van der Waals surface area contributed by atoms with Crippen molar-refractivity contribution in [3.63, 3.8) is 0 Å². The van der Waals surface area contributed by atoms with Crippen LogP contribution in [0.5, 0.6) is 5.75 Å². The van der Waals surface area contributed by atoms with Crippen LogP contribution in [0, 0.1) is 0 Å². The molecule has 3 heteroatoms. The van der Waals surface area contributed by atoms with Crippen molar-refractivity contribution in [1.29, 1.82) is 0 Å². The van der Waals surface area contributed by atoms with E-state index in [1.54, 1.807) is 0 Å². The number of benzene rings is 1. The Morgan fingerprint density at radius 3 is 2.77 bits per heavy atom. The van der Waals surface area contributed by atoms with Gasteiger partial charge in [0.05, 0.1) is 0 Å². The summed E-state index contributed by atoms with van der Waals surface area (Å²) in [4.78, 5) is 0. The Balaban J connectivity index is 2.69. The monoisotopic (exact) mass is 241 g/mol. The second-order valence-corrected chi connectivity index (χ2v) is 3.74. The van der Waals surface area contributed by atoms with Crippen molar-refractivity contribution in [2.75, 3.05) is 6.61 Å². The fraction of sp³-hybridized carbons (Fsp3) is 0.200. The molecule has 0 aliphatic heterocycles. The largest absolute Gasteiger partial charge is 0.488 e. The van der Waals surface area contributed by atoms with Crippen molar-refractivity contribution in [2.24, 2.45) is 5.73 Å². The van der Waals surface area contributed by atoms with Gasteiger partial charge in [-0.2, -0.15) is 0 Å². The lowest BCUT2D eigenvalue weighted by Gasteiger charge is -2.08. The molecule has 0 amide bonds. The lowest BCUT2D eigenvalue weighted by molar-refractivity contribution is 0.357. The van der Waals surface area contributed by atoms with Crippen LogP contribution >= 0.6 is 15.9 Å². The Hall–Kier alpha value is -0.800. The van der Waals surface area contributed by atoms with E-state index < -0.39 is 0 Å². The van der Waals surface area contributed by atoms with Gasteiger partial charge >= 0.3 is 0 Å². The van der Waals surface area contributed by atoms with Gasteiger partial charge in [-0.3, -0.25) is 0 Å². The van der Waals surface area contributed by atoms with E-state index in [0.717, 1.165) is 15.8 Å². The second kappa shape index (κ2) is 5.04. The molecule has 1 aromatic rings. The van der Waals surface area contributed by atoms with Crippen molar-refractivity contribution in [3.8, 4) is 5.75 Å². The van der Waals surface area contributed by atoms with E-state index in [0.29, 0.717) is 13.2 Å². The molecular formula is C10H12BrNO. The first-order valence-corrected chi connectivity index (χ1v) is 4.77. The molecule has 13 heavy (non-hydrogen) atoms. The highest BCUT2D eigenvalue weighted by Gasteiger charge is 1.99. The van der Waals surface area contributed by atoms with Crippen LogP contribution in [-0.4, -0.2) is 6.61 Å². The molecule has 0 aromatic heterocycles. The number of hydrogen-bond acceptors (Lipinski definition) is 2. The van der Waals surface area contributed by atoms with E-state index >= 15 is 0 Å². The summed E-state index contributed by atoms with van der Waals surface area (Å²) in [6, 6.07) is 7.72. The Morgan fingerprint density at radius 2 is 2.15 bits per heavy atom. The molecule has 70 valence electrons. The first kappa shape index (κ1) is 10.3. The molecule has 0 radical (unpaired) electrons. The molecule has 0 unspecified atom stereocenters. The second-order valence-electron chi connectivity index (χ2n) is 2.62. The maximum absolute atomic E-state index is 5.54. The number of rotatable bonds is 4. The van der Waals surface area contributed by atoms with E-state index in [1.165, 1.54) is 0 Å². The molecule has 0 aliphatic carbocycles. The summed E-state index contributed by atoms with van der Waals surface area (Å²) in [5.74, 6) is 0.825. The molecule has 0 bridgehead atoms.